The first-order chi connectivity index (χ1) is 7.81. The van der Waals surface area contributed by atoms with Crippen LogP contribution in [0.4, 0.5) is 0 Å². The van der Waals surface area contributed by atoms with E-state index >= 15 is 0 Å². The maximum Gasteiger partial charge on any atom is -0.0228 e. The summed E-state index contributed by atoms with van der Waals surface area (Å²) in [5.41, 5.74) is 4.34. The van der Waals surface area contributed by atoms with Crippen LogP contribution in [-0.2, 0) is 6.42 Å². The van der Waals surface area contributed by atoms with E-state index in [1.165, 1.54) is 48.8 Å². The molecule has 0 aliphatic carbocycles. The molecule has 0 nitrogen and oxygen atoms in total. The summed E-state index contributed by atoms with van der Waals surface area (Å²) in [5, 5.41) is 0. The SMILES string of the molecule is CC=C(CCC)c1ccc(CCCC)cc1. The fourth-order valence-corrected chi connectivity index (χ4v) is 1.99. The van der Waals surface area contributed by atoms with Crippen LogP contribution < -0.4 is 0 Å². The molecule has 1 rings (SSSR count). The number of hydrogen-bond acceptors (Lipinski definition) is 0. The predicted molar refractivity (Wildman–Crippen MR) is 73.6 cm³/mol. The second kappa shape index (κ2) is 7.27. The van der Waals surface area contributed by atoms with Gasteiger partial charge in [-0.05, 0) is 42.9 Å². The van der Waals surface area contributed by atoms with Crippen LogP contribution in [0.2, 0.25) is 0 Å². The van der Waals surface area contributed by atoms with Gasteiger partial charge in [0.1, 0.15) is 0 Å². The van der Waals surface area contributed by atoms with Crippen molar-refractivity contribution in [1.82, 2.24) is 0 Å². The Morgan fingerprint density at radius 1 is 1.06 bits per heavy atom. The zero-order valence-corrected chi connectivity index (χ0v) is 10.9. The van der Waals surface area contributed by atoms with Crippen LogP contribution in [0.1, 0.15) is 57.6 Å². The lowest BCUT2D eigenvalue weighted by Crippen LogP contribution is -1.88. The number of rotatable bonds is 6. The fraction of sp³-hybridized carbons (Fsp3) is 0.500. The summed E-state index contributed by atoms with van der Waals surface area (Å²) in [7, 11) is 0. The van der Waals surface area contributed by atoms with E-state index < -0.39 is 0 Å². The highest BCUT2D eigenvalue weighted by Crippen LogP contribution is 2.20. The minimum atomic E-state index is 1.19. The van der Waals surface area contributed by atoms with Gasteiger partial charge < -0.3 is 0 Å². The van der Waals surface area contributed by atoms with Gasteiger partial charge in [0, 0.05) is 0 Å². The fourth-order valence-electron chi connectivity index (χ4n) is 1.99. The average molecular weight is 216 g/mol. The van der Waals surface area contributed by atoms with E-state index in [-0.39, 0.29) is 0 Å². The van der Waals surface area contributed by atoms with Gasteiger partial charge in [-0.25, -0.2) is 0 Å². The Morgan fingerprint density at radius 2 is 1.75 bits per heavy atom. The zero-order chi connectivity index (χ0) is 11.8. The summed E-state index contributed by atoms with van der Waals surface area (Å²) >= 11 is 0. The molecule has 16 heavy (non-hydrogen) atoms. The minimum absolute atomic E-state index is 1.19. The van der Waals surface area contributed by atoms with E-state index in [0.29, 0.717) is 0 Å². The highest BCUT2D eigenvalue weighted by atomic mass is 14.0. The Hall–Kier alpha value is -1.04. The molecule has 0 atom stereocenters. The van der Waals surface area contributed by atoms with Gasteiger partial charge >= 0.3 is 0 Å². The highest BCUT2D eigenvalue weighted by Gasteiger charge is 1.99. The first-order valence-electron chi connectivity index (χ1n) is 6.56. The van der Waals surface area contributed by atoms with Crippen molar-refractivity contribution in [2.75, 3.05) is 0 Å². The molecule has 0 bridgehead atoms. The van der Waals surface area contributed by atoms with Gasteiger partial charge in [-0.1, -0.05) is 57.0 Å². The molecule has 0 spiro atoms. The molecule has 1 aromatic carbocycles. The Morgan fingerprint density at radius 3 is 2.25 bits per heavy atom. The van der Waals surface area contributed by atoms with E-state index in [1.807, 2.05) is 0 Å². The normalized spacial score (nSPS) is 11.8. The van der Waals surface area contributed by atoms with Gasteiger partial charge in [0.25, 0.3) is 0 Å². The van der Waals surface area contributed by atoms with Gasteiger partial charge in [-0.15, -0.1) is 0 Å². The number of unbranched alkanes of at least 4 members (excludes halogenated alkanes) is 1. The molecule has 0 aliphatic heterocycles. The van der Waals surface area contributed by atoms with Crippen LogP contribution >= 0.6 is 0 Å². The van der Waals surface area contributed by atoms with Gasteiger partial charge in [-0.3, -0.25) is 0 Å². The van der Waals surface area contributed by atoms with E-state index in [2.05, 4.69) is 51.1 Å². The molecule has 0 radical (unpaired) electrons. The van der Waals surface area contributed by atoms with Gasteiger partial charge in [0.15, 0.2) is 0 Å². The quantitative estimate of drug-likeness (QED) is 0.610. The second-order valence-corrected chi connectivity index (χ2v) is 4.36. The van der Waals surface area contributed by atoms with Crippen molar-refractivity contribution < 1.29 is 0 Å². The monoisotopic (exact) mass is 216 g/mol. The summed E-state index contributed by atoms with van der Waals surface area (Å²) in [5.74, 6) is 0. The predicted octanol–water partition coefficient (Wildman–Crippen LogP) is 5.23. The third-order valence-electron chi connectivity index (χ3n) is 3.01. The van der Waals surface area contributed by atoms with Crippen LogP contribution in [0.3, 0.4) is 0 Å². The first-order valence-corrected chi connectivity index (χ1v) is 6.56. The lowest BCUT2D eigenvalue weighted by atomic mass is 9.99. The molecular weight excluding hydrogens is 192 g/mol. The largest absolute Gasteiger partial charge is 0.0838 e. The Kier molecular flexibility index (Phi) is 5.92. The van der Waals surface area contributed by atoms with Gasteiger partial charge in [-0.2, -0.15) is 0 Å². The summed E-state index contributed by atoms with van der Waals surface area (Å²) in [6.07, 6.45) is 8.44. The first kappa shape index (κ1) is 13.0. The molecule has 0 saturated carbocycles. The standard InChI is InChI=1S/C16H24/c1-4-7-9-14-10-12-16(13-11-14)15(6-3)8-5-2/h6,10-13H,4-5,7-9H2,1-3H3. The molecule has 0 heterocycles. The molecule has 0 saturated heterocycles. The van der Waals surface area contributed by atoms with E-state index in [4.69, 9.17) is 0 Å². The smallest absolute Gasteiger partial charge is 0.0228 e. The lowest BCUT2D eigenvalue weighted by molar-refractivity contribution is 0.795. The Labute approximate surface area is 100 Å². The summed E-state index contributed by atoms with van der Waals surface area (Å²) in [6.45, 7) is 6.61. The molecule has 0 N–H and O–H groups in total. The van der Waals surface area contributed by atoms with Gasteiger partial charge in [0.05, 0.1) is 0 Å². The average Bonchev–Trinajstić information content (AvgIpc) is 2.34. The molecular formula is C16H24. The number of hydrogen-bond donors (Lipinski definition) is 0. The highest BCUT2D eigenvalue weighted by molar-refractivity contribution is 5.65. The summed E-state index contributed by atoms with van der Waals surface area (Å²) < 4.78 is 0. The van der Waals surface area contributed by atoms with Crippen LogP contribution in [0.25, 0.3) is 5.57 Å². The third-order valence-corrected chi connectivity index (χ3v) is 3.01. The van der Waals surface area contributed by atoms with Crippen molar-refractivity contribution in [3.05, 3.63) is 41.5 Å². The molecule has 0 fully saturated rings. The van der Waals surface area contributed by atoms with E-state index in [9.17, 15) is 0 Å². The maximum absolute atomic E-state index is 2.28. The molecule has 0 aromatic heterocycles. The number of benzene rings is 1. The third kappa shape index (κ3) is 3.84. The minimum Gasteiger partial charge on any atom is -0.0838 e. The topological polar surface area (TPSA) is 0 Å². The van der Waals surface area contributed by atoms with Gasteiger partial charge in [0.2, 0.25) is 0 Å². The Balaban J connectivity index is 2.69. The number of aryl methyl sites for hydroxylation is 1. The molecule has 1 aromatic rings. The van der Waals surface area contributed by atoms with Crippen molar-refractivity contribution in [3.8, 4) is 0 Å². The zero-order valence-electron chi connectivity index (χ0n) is 10.9. The lowest BCUT2D eigenvalue weighted by Gasteiger charge is -2.07. The maximum atomic E-state index is 2.28. The van der Waals surface area contributed by atoms with Crippen molar-refractivity contribution in [3.63, 3.8) is 0 Å². The van der Waals surface area contributed by atoms with E-state index in [1.54, 1.807) is 0 Å². The van der Waals surface area contributed by atoms with E-state index in [0.717, 1.165) is 0 Å². The van der Waals surface area contributed by atoms with Crippen LogP contribution in [0.15, 0.2) is 30.3 Å². The van der Waals surface area contributed by atoms with Crippen molar-refractivity contribution >= 4 is 5.57 Å². The van der Waals surface area contributed by atoms with Crippen LogP contribution in [0.5, 0.6) is 0 Å². The summed E-state index contributed by atoms with van der Waals surface area (Å²) in [4.78, 5) is 0. The van der Waals surface area contributed by atoms with Crippen LogP contribution in [0, 0.1) is 0 Å². The summed E-state index contributed by atoms with van der Waals surface area (Å²) in [6, 6.07) is 9.11. The molecule has 0 unspecified atom stereocenters. The van der Waals surface area contributed by atoms with Crippen molar-refractivity contribution in [2.24, 2.45) is 0 Å². The Bertz CT molecular complexity index is 316. The molecule has 0 amide bonds. The van der Waals surface area contributed by atoms with Crippen molar-refractivity contribution in [2.45, 2.75) is 52.9 Å². The molecule has 0 aliphatic rings. The van der Waals surface area contributed by atoms with Crippen LogP contribution in [-0.4, -0.2) is 0 Å². The molecule has 0 heteroatoms. The molecule has 88 valence electrons. The number of allylic oxidation sites excluding steroid dienone is 2. The second-order valence-electron chi connectivity index (χ2n) is 4.36. The van der Waals surface area contributed by atoms with Crippen molar-refractivity contribution in [1.29, 1.82) is 0 Å².